The number of carbonyl (C=O) groups excluding carboxylic acids is 1. The quantitative estimate of drug-likeness (QED) is 0.457. The molecular weight excluding hydrogens is 391 g/mol. The number of amides is 1. The summed E-state index contributed by atoms with van der Waals surface area (Å²) in [5, 5.41) is 11.6. The Morgan fingerprint density at radius 2 is 1.50 bits per heavy atom. The van der Waals surface area contributed by atoms with Crippen molar-refractivity contribution in [1.82, 2.24) is 0 Å². The fraction of sp³-hybridized carbons (Fsp3) is 0.417. The van der Waals surface area contributed by atoms with Gasteiger partial charge in [0.25, 0.3) is 5.69 Å². The van der Waals surface area contributed by atoms with Gasteiger partial charge in [0, 0.05) is 6.07 Å². The van der Waals surface area contributed by atoms with Crippen LogP contribution in [0.4, 0.5) is 50.9 Å². The third kappa shape index (κ3) is 3.39. The standard InChI is InChI=1S/C12H7F9N2O3/c1-5-2-3-6(7(4-5)23(25)26)22-8(24)9(13,14)10(15,16)11(17,18)12(19,20)21/h2-4H,1H3,(H,22,24). The number of anilines is 1. The summed E-state index contributed by atoms with van der Waals surface area (Å²) in [7, 11) is 0. The van der Waals surface area contributed by atoms with Crippen LogP contribution in [0, 0.1) is 17.0 Å². The molecule has 0 bridgehead atoms. The van der Waals surface area contributed by atoms with E-state index < -0.39 is 46.1 Å². The van der Waals surface area contributed by atoms with Crippen LogP contribution < -0.4 is 5.32 Å². The molecule has 0 aliphatic heterocycles. The van der Waals surface area contributed by atoms with E-state index in [2.05, 4.69) is 0 Å². The minimum Gasteiger partial charge on any atom is -0.315 e. The summed E-state index contributed by atoms with van der Waals surface area (Å²) in [5.41, 5.74) is -1.99. The van der Waals surface area contributed by atoms with E-state index in [9.17, 15) is 54.4 Å². The highest BCUT2D eigenvalue weighted by atomic mass is 19.4. The van der Waals surface area contributed by atoms with Crippen molar-refractivity contribution in [3.8, 4) is 0 Å². The summed E-state index contributed by atoms with van der Waals surface area (Å²) in [6, 6.07) is 2.33. The molecule has 146 valence electrons. The van der Waals surface area contributed by atoms with Gasteiger partial charge in [-0.1, -0.05) is 6.07 Å². The molecule has 1 amide bonds. The second-order valence-corrected chi connectivity index (χ2v) is 4.95. The molecule has 0 heterocycles. The van der Waals surface area contributed by atoms with Crippen LogP contribution in [0.2, 0.25) is 0 Å². The molecule has 26 heavy (non-hydrogen) atoms. The highest BCUT2D eigenvalue weighted by Crippen LogP contribution is 2.53. The Kier molecular flexibility index (Phi) is 5.23. The lowest BCUT2D eigenvalue weighted by molar-refractivity contribution is -0.388. The van der Waals surface area contributed by atoms with Gasteiger partial charge in [0.2, 0.25) is 0 Å². The topological polar surface area (TPSA) is 72.2 Å². The van der Waals surface area contributed by atoms with Gasteiger partial charge in [-0.05, 0) is 18.6 Å². The van der Waals surface area contributed by atoms with Crippen LogP contribution in [-0.4, -0.2) is 34.8 Å². The van der Waals surface area contributed by atoms with Gasteiger partial charge in [0.05, 0.1) is 4.92 Å². The van der Waals surface area contributed by atoms with Gasteiger partial charge in [0.1, 0.15) is 5.69 Å². The number of nitro benzene ring substituents is 1. The Morgan fingerprint density at radius 1 is 1.00 bits per heavy atom. The fourth-order valence-corrected chi connectivity index (χ4v) is 1.62. The SMILES string of the molecule is Cc1ccc(NC(=O)C(F)(F)C(F)(F)C(F)(F)C(F)(F)F)c([N+](=O)[O-])c1. The Balaban J connectivity index is 3.30. The normalized spacial score (nSPS) is 13.5. The van der Waals surface area contributed by atoms with Crippen LogP contribution in [0.1, 0.15) is 5.56 Å². The first-order valence-corrected chi connectivity index (χ1v) is 6.23. The highest BCUT2D eigenvalue weighted by Gasteiger charge is 2.83. The van der Waals surface area contributed by atoms with Crippen molar-refractivity contribution in [2.75, 3.05) is 5.32 Å². The minimum absolute atomic E-state index is 0.176. The summed E-state index contributed by atoms with van der Waals surface area (Å²) in [6.07, 6.45) is -7.09. The Bertz CT molecular complexity index is 731. The summed E-state index contributed by atoms with van der Waals surface area (Å²) in [5.74, 6) is -24.2. The van der Waals surface area contributed by atoms with E-state index in [1.807, 2.05) is 0 Å². The van der Waals surface area contributed by atoms with E-state index in [1.54, 1.807) is 0 Å². The van der Waals surface area contributed by atoms with Gasteiger partial charge in [-0.2, -0.15) is 39.5 Å². The third-order valence-electron chi connectivity index (χ3n) is 3.03. The summed E-state index contributed by atoms with van der Waals surface area (Å²) in [4.78, 5) is 20.8. The number of rotatable bonds is 5. The molecular formula is C12H7F9N2O3. The first kappa shape index (κ1) is 21.5. The molecule has 0 aliphatic rings. The molecule has 0 atom stereocenters. The monoisotopic (exact) mass is 398 g/mol. The van der Waals surface area contributed by atoms with E-state index in [-0.39, 0.29) is 5.56 Å². The predicted molar refractivity (Wildman–Crippen MR) is 67.4 cm³/mol. The fourth-order valence-electron chi connectivity index (χ4n) is 1.62. The summed E-state index contributed by atoms with van der Waals surface area (Å²) < 4.78 is 114. The smallest absolute Gasteiger partial charge is 0.315 e. The minimum atomic E-state index is -7.25. The van der Waals surface area contributed by atoms with E-state index in [0.29, 0.717) is 6.07 Å². The number of benzene rings is 1. The number of nitro groups is 1. The van der Waals surface area contributed by atoms with Crippen molar-refractivity contribution in [3.63, 3.8) is 0 Å². The highest BCUT2D eigenvalue weighted by molar-refractivity contribution is 5.98. The molecule has 5 nitrogen and oxygen atoms in total. The zero-order chi connectivity index (χ0) is 20.7. The average Bonchev–Trinajstić information content (AvgIpc) is 2.47. The van der Waals surface area contributed by atoms with Crippen LogP contribution in [-0.2, 0) is 4.79 Å². The van der Waals surface area contributed by atoms with Crippen molar-refractivity contribution >= 4 is 17.3 Å². The summed E-state index contributed by atoms with van der Waals surface area (Å²) >= 11 is 0. The first-order chi connectivity index (χ1) is 11.5. The lowest BCUT2D eigenvalue weighted by Crippen LogP contribution is -2.64. The predicted octanol–water partition coefficient (Wildman–Crippen LogP) is 4.31. The first-order valence-electron chi connectivity index (χ1n) is 6.23. The lowest BCUT2D eigenvalue weighted by Gasteiger charge is -2.32. The molecule has 1 aromatic rings. The Labute approximate surface area is 137 Å². The number of alkyl halides is 9. The van der Waals surface area contributed by atoms with Crippen LogP contribution in [0.5, 0.6) is 0 Å². The van der Waals surface area contributed by atoms with Crippen molar-refractivity contribution in [2.45, 2.75) is 30.9 Å². The van der Waals surface area contributed by atoms with Gasteiger partial charge >= 0.3 is 29.9 Å². The number of carbonyl (C=O) groups is 1. The zero-order valence-corrected chi connectivity index (χ0v) is 12.3. The van der Waals surface area contributed by atoms with Crippen molar-refractivity contribution in [2.24, 2.45) is 0 Å². The van der Waals surface area contributed by atoms with Crippen LogP contribution >= 0.6 is 0 Å². The maximum atomic E-state index is 13.4. The number of nitrogens with zero attached hydrogens (tertiary/aromatic N) is 1. The molecule has 0 radical (unpaired) electrons. The van der Waals surface area contributed by atoms with Crippen molar-refractivity contribution in [3.05, 3.63) is 33.9 Å². The lowest BCUT2D eigenvalue weighted by atomic mass is 10.0. The number of hydrogen-bond acceptors (Lipinski definition) is 3. The molecule has 0 unspecified atom stereocenters. The number of nitrogens with one attached hydrogen (secondary N) is 1. The molecule has 0 saturated heterocycles. The molecule has 0 saturated carbocycles. The molecule has 0 fully saturated rings. The number of aryl methyl sites for hydroxylation is 1. The van der Waals surface area contributed by atoms with E-state index >= 15 is 0 Å². The Hall–Kier alpha value is -2.54. The van der Waals surface area contributed by atoms with Gasteiger partial charge in [-0.25, -0.2) is 0 Å². The van der Waals surface area contributed by atoms with Crippen LogP contribution in [0.3, 0.4) is 0 Å². The molecule has 0 aromatic heterocycles. The van der Waals surface area contributed by atoms with Crippen molar-refractivity contribution < 1.29 is 49.2 Å². The number of halogens is 9. The molecule has 0 aliphatic carbocycles. The van der Waals surface area contributed by atoms with E-state index in [1.165, 1.54) is 6.92 Å². The van der Waals surface area contributed by atoms with Gasteiger partial charge in [-0.3, -0.25) is 14.9 Å². The number of hydrogen-bond donors (Lipinski definition) is 1. The molecule has 1 N–H and O–H groups in total. The average molecular weight is 398 g/mol. The maximum Gasteiger partial charge on any atom is 0.460 e. The Morgan fingerprint density at radius 3 is 1.92 bits per heavy atom. The molecule has 14 heteroatoms. The van der Waals surface area contributed by atoms with E-state index in [4.69, 9.17) is 0 Å². The van der Waals surface area contributed by atoms with Gasteiger partial charge in [0.15, 0.2) is 0 Å². The van der Waals surface area contributed by atoms with E-state index in [0.717, 1.165) is 17.4 Å². The second-order valence-electron chi connectivity index (χ2n) is 4.95. The molecule has 1 rings (SSSR count). The van der Waals surface area contributed by atoms with Crippen LogP contribution in [0.15, 0.2) is 18.2 Å². The second kappa shape index (κ2) is 6.32. The van der Waals surface area contributed by atoms with Crippen LogP contribution in [0.25, 0.3) is 0 Å². The largest absolute Gasteiger partial charge is 0.460 e. The third-order valence-corrected chi connectivity index (χ3v) is 3.03. The maximum absolute atomic E-state index is 13.4. The van der Waals surface area contributed by atoms with Gasteiger partial charge in [-0.15, -0.1) is 0 Å². The summed E-state index contributed by atoms with van der Waals surface area (Å²) in [6.45, 7) is 1.30. The molecule has 1 aromatic carbocycles. The molecule has 0 spiro atoms. The van der Waals surface area contributed by atoms with Crippen molar-refractivity contribution in [1.29, 1.82) is 0 Å². The van der Waals surface area contributed by atoms with Gasteiger partial charge < -0.3 is 5.32 Å². The zero-order valence-electron chi connectivity index (χ0n) is 12.3.